The largest absolute Gasteiger partial charge is 0.349 e. The third-order valence-corrected chi connectivity index (χ3v) is 6.83. The van der Waals surface area contributed by atoms with Crippen LogP contribution in [0.2, 0.25) is 0 Å². The molecule has 1 amide bonds. The van der Waals surface area contributed by atoms with E-state index in [9.17, 15) is 13.2 Å². The summed E-state index contributed by atoms with van der Waals surface area (Å²) >= 11 is 0. The minimum atomic E-state index is -3.34. The van der Waals surface area contributed by atoms with Crippen molar-refractivity contribution < 1.29 is 13.2 Å². The molecule has 0 atom stereocenters. The highest BCUT2D eigenvalue weighted by molar-refractivity contribution is 7.86. The average molecular weight is 351 g/mol. The molecule has 0 aromatic heterocycles. The molecule has 0 radical (unpaired) electrons. The summed E-state index contributed by atoms with van der Waals surface area (Å²) in [7, 11) is -3.34. The Kier molecular flexibility index (Phi) is 5.53. The molecule has 2 aliphatic rings. The molecule has 24 heavy (non-hydrogen) atoms. The molecule has 0 saturated carbocycles. The van der Waals surface area contributed by atoms with Gasteiger partial charge in [-0.15, -0.1) is 0 Å². The fourth-order valence-corrected chi connectivity index (χ4v) is 5.07. The molecule has 0 unspecified atom stereocenters. The first kappa shape index (κ1) is 17.4. The number of carbonyl (C=O) groups is 1. The monoisotopic (exact) mass is 351 g/mol. The van der Waals surface area contributed by atoms with Crippen molar-refractivity contribution in [2.24, 2.45) is 0 Å². The van der Waals surface area contributed by atoms with Crippen LogP contribution in [0.5, 0.6) is 0 Å². The predicted molar refractivity (Wildman–Crippen MR) is 92.8 cm³/mol. The van der Waals surface area contributed by atoms with Gasteiger partial charge in [-0.1, -0.05) is 24.6 Å². The van der Waals surface area contributed by atoms with Crippen molar-refractivity contribution in [3.8, 4) is 0 Å². The number of carbonyl (C=O) groups excluding carboxylic acids is 1. The Morgan fingerprint density at radius 3 is 2.12 bits per heavy atom. The Hall–Kier alpha value is -1.44. The number of benzene rings is 1. The van der Waals surface area contributed by atoms with Gasteiger partial charge in [0, 0.05) is 37.8 Å². The van der Waals surface area contributed by atoms with E-state index in [1.54, 1.807) is 20.7 Å². The Labute approximate surface area is 144 Å². The second-order valence-corrected chi connectivity index (χ2v) is 8.41. The van der Waals surface area contributed by atoms with Crippen LogP contribution in [-0.4, -0.2) is 55.2 Å². The van der Waals surface area contributed by atoms with Gasteiger partial charge in [-0.3, -0.25) is 4.79 Å². The van der Waals surface area contributed by atoms with Crippen molar-refractivity contribution >= 4 is 16.1 Å². The summed E-state index contributed by atoms with van der Waals surface area (Å²) in [5.41, 5.74) is 0.640. The van der Waals surface area contributed by atoms with Gasteiger partial charge in [0.25, 0.3) is 16.1 Å². The molecular formula is C17H25N3O3S. The lowest BCUT2D eigenvalue weighted by Crippen LogP contribution is -2.51. The Morgan fingerprint density at radius 2 is 1.50 bits per heavy atom. The Bertz CT molecular complexity index is 649. The van der Waals surface area contributed by atoms with E-state index in [-0.39, 0.29) is 11.9 Å². The predicted octanol–water partition coefficient (Wildman–Crippen LogP) is 1.61. The third-order valence-electron chi connectivity index (χ3n) is 4.79. The zero-order valence-corrected chi connectivity index (χ0v) is 14.7. The molecule has 7 heteroatoms. The normalized spacial score (nSPS) is 21.5. The van der Waals surface area contributed by atoms with Crippen LogP contribution in [0.4, 0.5) is 0 Å². The second-order valence-electron chi connectivity index (χ2n) is 6.48. The van der Waals surface area contributed by atoms with E-state index in [0.29, 0.717) is 44.6 Å². The molecule has 2 saturated heterocycles. The van der Waals surface area contributed by atoms with Crippen LogP contribution in [0.15, 0.2) is 30.3 Å². The molecule has 1 N–H and O–H groups in total. The van der Waals surface area contributed by atoms with Gasteiger partial charge in [0.15, 0.2) is 0 Å². The maximum Gasteiger partial charge on any atom is 0.281 e. The highest BCUT2D eigenvalue weighted by Crippen LogP contribution is 2.20. The number of hydrogen-bond acceptors (Lipinski definition) is 3. The smallest absolute Gasteiger partial charge is 0.281 e. The summed E-state index contributed by atoms with van der Waals surface area (Å²) in [6.07, 6.45) is 4.32. The number of piperidine rings is 2. The molecule has 2 heterocycles. The van der Waals surface area contributed by atoms with Crippen LogP contribution in [-0.2, 0) is 10.2 Å². The minimum Gasteiger partial charge on any atom is -0.349 e. The lowest BCUT2D eigenvalue weighted by molar-refractivity contribution is 0.0923. The Morgan fingerprint density at radius 1 is 0.917 bits per heavy atom. The maximum atomic E-state index is 12.7. The topological polar surface area (TPSA) is 69.7 Å². The molecule has 0 bridgehead atoms. The number of amides is 1. The summed E-state index contributed by atoms with van der Waals surface area (Å²) in [6.45, 7) is 2.21. The van der Waals surface area contributed by atoms with Gasteiger partial charge in [-0.2, -0.15) is 17.0 Å². The average Bonchev–Trinajstić information content (AvgIpc) is 2.63. The van der Waals surface area contributed by atoms with Crippen LogP contribution in [0.3, 0.4) is 0 Å². The third kappa shape index (κ3) is 3.96. The number of nitrogens with zero attached hydrogens (tertiary/aromatic N) is 2. The highest BCUT2D eigenvalue weighted by atomic mass is 32.2. The number of nitrogens with one attached hydrogen (secondary N) is 1. The van der Waals surface area contributed by atoms with Gasteiger partial charge in [0.2, 0.25) is 0 Å². The van der Waals surface area contributed by atoms with Crippen LogP contribution in [0, 0.1) is 0 Å². The molecule has 6 nitrogen and oxygen atoms in total. The van der Waals surface area contributed by atoms with Crippen molar-refractivity contribution in [3.05, 3.63) is 35.9 Å². The molecule has 1 aromatic carbocycles. The van der Waals surface area contributed by atoms with E-state index in [0.717, 1.165) is 19.3 Å². The fraction of sp³-hybridized carbons (Fsp3) is 0.588. The van der Waals surface area contributed by atoms with Gasteiger partial charge >= 0.3 is 0 Å². The highest BCUT2D eigenvalue weighted by Gasteiger charge is 2.33. The van der Waals surface area contributed by atoms with Crippen LogP contribution < -0.4 is 5.32 Å². The van der Waals surface area contributed by atoms with Gasteiger partial charge in [0.05, 0.1) is 0 Å². The van der Waals surface area contributed by atoms with Gasteiger partial charge < -0.3 is 5.32 Å². The van der Waals surface area contributed by atoms with E-state index in [1.165, 1.54) is 0 Å². The molecule has 132 valence electrons. The number of rotatable bonds is 4. The minimum absolute atomic E-state index is 0.0329. The molecular weight excluding hydrogens is 326 g/mol. The SMILES string of the molecule is O=C(NC1CCN(S(=O)(=O)N2CCCCC2)CC1)c1ccccc1. The summed E-state index contributed by atoms with van der Waals surface area (Å²) in [5, 5.41) is 3.01. The van der Waals surface area contributed by atoms with E-state index in [1.807, 2.05) is 18.2 Å². The molecule has 0 aliphatic carbocycles. The molecule has 0 spiro atoms. The standard InChI is InChI=1S/C17H25N3O3S/c21-17(15-7-3-1-4-8-15)18-16-9-13-20(14-10-16)24(22,23)19-11-5-2-6-12-19/h1,3-4,7-8,16H,2,5-6,9-14H2,(H,18,21). The first-order chi connectivity index (χ1) is 11.6. The Balaban J connectivity index is 1.53. The van der Waals surface area contributed by atoms with Crippen molar-refractivity contribution in [2.45, 2.75) is 38.1 Å². The summed E-state index contributed by atoms with van der Waals surface area (Å²) < 4.78 is 28.5. The van der Waals surface area contributed by atoms with Crippen molar-refractivity contribution in [2.75, 3.05) is 26.2 Å². The van der Waals surface area contributed by atoms with Crippen molar-refractivity contribution in [1.82, 2.24) is 13.9 Å². The maximum absolute atomic E-state index is 12.7. The lowest BCUT2D eigenvalue weighted by Gasteiger charge is -2.36. The van der Waals surface area contributed by atoms with E-state index >= 15 is 0 Å². The molecule has 1 aromatic rings. The van der Waals surface area contributed by atoms with Gasteiger partial charge in [-0.25, -0.2) is 0 Å². The van der Waals surface area contributed by atoms with Crippen molar-refractivity contribution in [1.29, 1.82) is 0 Å². The van der Waals surface area contributed by atoms with E-state index < -0.39 is 10.2 Å². The van der Waals surface area contributed by atoms with Crippen LogP contribution in [0.25, 0.3) is 0 Å². The fourth-order valence-electron chi connectivity index (χ4n) is 3.35. The number of hydrogen-bond donors (Lipinski definition) is 1. The van der Waals surface area contributed by atoms with Crippen LogP contribution in [0.1, 0.15) is 42.5 Å². The molecule has 2 fully saturated rings. The summed E-state index contributed by atoms with van der Waals surface area (Å²) in [5.74, 6) is -0.0899. The zero-order chi connectivity index (χ0) is 17.0. The summed E-state index contributed by atoms with van der Waals surface area (Å²) in [4.78, 5) is 12.2. The van der Waals surface area contributed by atoms with Crippen LogP contribution >= 0.6 is 0 Å². The van der Waals surface area contributed by atoms with Gasteiger partial charge in [-0.05, 0) is 37.8 Å². The first-order valence-corrected chi connectivity index (χ1v) is 10.1. The second kappa shape index (κ2) is 7.63. The summed E-state index contributed by atoms with van der Waals surface area (Å²) in [6, 6.07) is 9.15. The van der Waals surface area contributed by atoms with Gasteiger partial charge in [0.1, 0.15) is 0 Å². The lowest BCUT2D eigenvalue weighted by atomic mass is 10.1. The van der Waals surface area contributed by atoms with E-state index in [2.05, 4.69) is 5.32 Å². The first-order valence-electron chi connectivity index (χ1n) is 8.68. The molecule has 2 aliphatic heterocycles. The van der Waals surface area contributed by atoms with Crippen molar-refractivity contribution in [3.63, 3.8) is 0 Å². The molecule has 3 rings (SSSR count). The quantitative estimate of drug-likeness (QED) is 0.896. The van der Waals surface area contributed by atoms with E-state index in [4.69, 9.17) is 0 Å². The zero-order valence-electron chi connectivity index (χ0n) is 13.9.